The van der Waals surface area contributed by atoms with E-state index in [1.54, 1.807) is 24.3 Å². The highest BCUT2D eigenvalue weighted by molar-refractivity contribution is 8.58. The number of hydrogen-bond donors (Lipinski definition) is 0. The molecular weight excluding hydrogens is 289 g/mol. The Labute approximate surface area is 122 Å². The van der Waals surface area contributed by atoms with Crippen molar-refractivity contribution in [2.24, 2.45) is 0 Å². The molecule has 0 bridgehead atoms. The lowest BCUT2D eigenvalue weighted by atomic mass is 10.2. The molecule has 0 aromatic heterocycles. The van der Waals surface area contributed by atoms with Gasteiger partial charge in [0.2, 0.25) is 0 Å². The van der Waals surface area contributed by atoms with Gasteiger partial charge in [-0.2, -0.15) is 5.26 Å². The van der Waals surface area contributed by atoms with E-state index in [-0.39, 0.29) is 0 Å². The van der Waals surface area contributed by atoms with Crippen LogP contribution in [-0.2, 0) is 4.57 Å². The van der Waals surface area contributed by atoms with E-state index >= 15 is 0 Å². The molecule has 102 valence electrons. The fraction of sp³-hybridized carbons (Fsp3) is 0.133. The fourth-order valence-electron chi connectivity index (χ4n) is 1.66. The minimum atomic E-state index is -2.98. The maximum Gasteiger partial charge on any atom is 0.333 e. The second-order valence-electron chi connectivity index (χ2n) is 3.98. The Morgan fingerprint density at radius 3 is 2.35 bits per heavy atom. The van der Waals surface area contributed by atoms with Gasteiger partial charge in [-0.05, 0) is 36.4 Å². The van der Waals surface area contributed by atoms with Crippen molar-refractivity contribution < 1.29 is 9.09 Å². The van der Waals surface area contributed by atoms with Crippen LogP contribution in [-0.4, -0.2) is 5.75 Å². The lowest BCUT2D eigenvalue weighted by Gasteiger charge is -2.18. The summed E-state index contributed by atoms with van der Waals surface area (Å²) in [6.07, 6.45) is 0. The molecule has 0 heterocycles. The van der Waals surface area contributed by atoms with Crippen molar-refractivity contribution in [2.45, 2.75) is 6.92 Å². The summed E-state index contributed by atoms with van der Waals surface area (Å²) in [6, 6.07) is 17.9. The van der Waals surface area contributed by atoms with Gasteiger partial charge in [0.05, 0.1) is 16.9 Å². The molecule has 1 atom stereocenters. The van der Waals surface area contributed by atoms with E-state index in [9.17, 15) is 4.57 Å². The molecule has 2 aromatic rings. The van der Waals surface area contributed by atoms with Crippen molar-refractivity contribution in [3.8, 4) is 11.8 Å². The summed E-state index contributed by atoms with van der Waals surface area (Å²) in [6.45, 7) is -1.04. The first kappa shape index (κ1) is 14.7. The molecule has 1 unspecified atom stereocenters. The molecule has 0 aliphatic carbocycles. The Morgan fingerprint density at radius 2 is 1.80 bits per heavy atom. The molecule has 20 heavy (non-hydrogen) atoms. The molecule has 2 rings (SSSR count). The first-order valence-electron chi connectivity index (χ1n) is 6.18. The van der Waals surface area contributed by atoms with Crippen LogP contribution in [0.5, 0.6) is 5.75 Å². The zero-order valence-corrected chi connectivity index (χ0v) is 12.7. The van der Waals surface area contributed by atoms with Gasteiger partial charge in [0.15, 0.2) is 0 Å². The normalized spacial score (nSPS) is 13.2. The van der Waals surface area contributed by atoms with Gasteiger partial charge in [-0.25, -0.2) is 0 Å². The summed E-state index contributed by atoms with van der Waals surface area (Å²) in [4.78, 5) is 0. The summed E-state index contributed by atoms with van der Waals surface area (Å²) in [5.74, 6) is 1.21. The first-order chi connectivity index (χ1) is 9.68. The average molecular weight is 303 g/mol. The Kier molecular flexibility index (Phi) is 4.89. The highest BCUT2D eigenvalue weighted by atomic mass is 32.7. The number of rotatable bonds is 5. The molecule has 0 amide bonds. The van der Waals surface area contributed by atoms with Crippen LogP contribution in [0.2, 0.25) is 0 Å². The van der Waals surface area contributed by atoms with Crippen LogP contribution in [0.25, 0.3) is 0 Å². The van der Waals surface area contributed by atoms with Gasteiger partial charge < -0.3 is 4.52 Å². The Bertz CT molecular complexity index is 650. The van der Waals surface area contributed by atoms with Crippen LogP contribution in [0.3, 0.4) is 0 Å². The number of nitriles is 1. The highest BCUT2D eigenvalue weighted by Gasteiger charge is 2.27. The monoisotopic (exact) mass is 303 g/mol. The standard InChI is InChI=1S/C15H14NO2PS/c1-2-20-19(17,15-6-4-3-5-7-15)18-14-10-8-13(12-16)9-11-14/h3-11H,2H2,1H3. The van der Waals surface area contributed by atoms with Gasteiger partial charge in [0.25, 0.3) is 0 Å². The zero-order valence-electron chi connectivity index (χ0n) is 11.0. The SMILES string of the molecule is CCSP(=O)(Oc1ccc(C#N)cc1)c1ccccc1. The quantitative estimate of drug-likeness (QED) is 0.776. The van der Waals surface area contributed by atoms with Crippen LogP contribution in [0.1, 0.15) is 12.5 Å². The molecule has 2 aromatic carbocycles. The molecule has 3 nitrogen and oxygen atoms in total. The topological polar surface area (TPSA) is 50.1 Å². The van der Waals surface area contributed by atoms with E-state index in [1.807, 2.05) is 43.3 Å². The number of benzene rings is 2. The van der Waals surface area contributed by atoms with Crippen molar-refractivity contribution in [3.63, 3.8) is 0 Å². The average Bonchev–Trinajstić information content (AvgIpc) is 2.49. The third-order valence-corrected chi connectivity index (χ3v) is 7.21. The van der Waals surface area contributed by atoms with Crippen LogP contribution in [0.15, 0.2) is 54.6 Å². The predicted molar refractivity (Wildman–Crippen MR) is 83.6 cm³/mol. The van der Waals surface area contributed by atoms with Crippen LogP contribution < -0.4 is 9.83 Å². The largest absolute Gasteiger partial charge is 0.433 e. The van der Waals surface area contributed by atoms with E-state index in [0.29, 0.717) is 22.4 Å². The van der Waals surface area contributed by atoms with Gasteiger partial charge in [0.1, 0.15) is 5.75 Å². The zero-order chi connectivity index (χ0) is 14.4. The Balaban J connectivity index is 2.29. The molecule has 0 saturated heterocycles. The third kappa shape index (κ3) is 3.45. The molecule has 0 aliphatic heterocycles. The summed E-state index contributed by atoms with van der Waals surface area (Å²) in [5, 5.41) is 9.46. The van der Waals surface area contributed by atoms with Crippen LogP contribution >= 0.6 is 18.0 Å². The minimum absolute atomic E-state index is 0.511. The molecule has 0 saturated carbocycles. The summed E-state index contributed by atoms with van der Waals surface area (Å²) < 4.78 is 18.8. The van der Waals surface area contributed by atoms with E-state index in [2.05, 4.69) is 0 Å². The van der Waals surface area contributed by atoms with Crippen molar-refractivity contribution in [3.05, 3.63) is 60.2 Å². The van der Waals surface area contributed by atoms with Gasteiger partial charge in [0, 0.05) is 5.75 Å². The molecule has 5 heteroatoms. The van der Waals surface area contributed by atoms with Crippen LogP contribution in [0.4, 0.5) is 0 Å². The lowest BCUT2D eigenvalue weighted by Crippen LogP contribution is -2.07. The second-order valence-corrected chi connectivity index (χ2v) is 8.72. The maximum atomic E-state index is 13.0. The summed E-state index contributed by atoms with van der Waals surface area (Å²) in [5.41, 5.74) is 0.551. The van der Waals surface area contributed by atoms with Gasteiger partial charge >= 0.3 is 6.57 Å². The lowest BCUT2D eigenvalue weighted by molar-refractivity contribution is 0.509. The molecule has 0 N–H and O–H groups in total. The predicted octanol–water partition coefficient (Wildman–Crippen LogP) is 4.21. The van der Waals surface area contributed by atoms with Crippen molar-refractivity contribution in [1.82, 2.24) is 0 Å². The van der Waals surface area contributed by atoms with E-state index in [4.69, 9.17) is 9.79 Å². The van der Waals surface area contributed by atoms with Gasteiger partial charge in [-0.15, -0.1) is 0 Å². The van der Waals surface area contributed by atoms with E-state index in [0.717, 1.165) is 0 Å². The first-order valence-corrected chi connectivity index (χ1v) is 9.39. The molecule has 0 fully saturated rings. The minimum Gasteiger partial charge on any atom is -0.433 e. The van der Waals surface area contributed by atoms with Gasteiger partial charge in [-0.3, -0.25) is 4.57 Å². The summed E-state index contributed by atoms with van der Waals surface area (Å²) >= 11 is 1.30. The Hall–Kier alpha value is -1.69. The van der Waals surface area contributed by atoms with Crippen molar-refractivity contribution in [1.29, 1.82) is 5.26 Å². The van der Waals surface area contributed by atoms with Crippen molar-refractivity contribution in [2.75, 3.05) is 5.75 Å². The summed E-state index contributed by atoms with van der Waals surface area (Å²) in [7, 11) is 0. The smallest absolute Gasteiger partial charge is 0.333 e. The maximum absolute atomic E-state index is 13.0. The second kappa shape index (κ2) is 6.65. The molecule has 0 radical (unpaired) electrons. The van der Waals surface area contributed by atoms with E-state index < -0.39 is 6.57 Å². The number of nitrogens with zero attached hydrogens (tertiary/aromatic N) is 1. The van der Waals surface area contributed by atoms with Gasteiger partial charge in [-0.1, -0.05) is 36.5 Å². The fourth-order valence-corrected chi connectivity index (χ4v) is 5.50. The molecular formula is C15H14NO2PS. The number of hydrogen-bond acceptors (Lipinski definition) is 4. The third-order valence-electron chi connectivity index (χ3n) is 2.58. The van der Waals surface area contributed by atoms with Crippen LogP contribution in [0, 0.1) is 11.3 Å². The Morgan fingerprint density at radius 1 is 1.15 bits per heavy atom. The highest BCUT2D eigenvalue weighted by Crippen LogP contribution is 2.57. The molecule has 0 aliphatic rings. The molecule has 0 spiro atoms. The van der Waals surface area contributed by atoms with Crippen molar-refractivity contribution >= 4 is 23.3 Å². The van der Waals surface area contributed by atoms with E-state index in [1.165, 1.54) is 11.4 Å².